The van der Waals surface area contributed by atoms with Gasteiger partial charge in [0, 0.05) is 12.3 Å². The Morgan fingerprint density at radius 1 is 1.48 bits per heavy atom. The van der Waals surface area contributed by atoms with Crippen molar-refractivity contribution in [2.45, 2.75) is 12.5 Å². The number of urea groups is 1. The van der Waals surface area contributed by atoms with Gasteiger partial charge in [0.05, 0.1) is 19.2 Å². The normalized spacial score (nSPS) is 17.3. The minimum atomic E-state index is -5.08. The summed E-state index contributed by atoms with van der Waals surface area (Å²) in [5, 5.41) is 2.63. The van der Waals surface area contributed by atoms with Gasteiger partial charge < -0.3 is 19.1 Å². The molecule has 1 N–H and O–H groups in total. The zero-order valence-corrected chi connectivity index (χ0v) is 12.9. The molecule has 0 aromatic heterocycles. The molecule has 1 aliphatic rings. The summed E-state index contributed by atoms with van der Waals surface area (Å²) >= 11 is 0. The summed E-state index contributed by atoms with van der Waals surface area (Å²) in [6.45, 7) is 1.14. The molecule has 2 amide bonds. The van der Waals surface area contributed by atoms with Gasteiger partial charge in [0.15, 0.2) is 0 Å². The van der Waals surface area contributed by atoms with Crippen molar-refractivity contribution >= 4 is 22.2 Å². The van der Waals surface area contributed by atoms with Crippen LogP contribution in [0.15, 0.2) is 24.3 Å². The first-order chi connectivity index (χ1) is 10.9. The Labute approximate surface area is 133 Å². The number of anilines is 1. The summed E-state index contributed by atoms with van der Waals surface area (Å²) in [5.74, 6) is 2.23. The highest BCUT2D eigenvalue weighted by atomic mass is 32.3. The summed E-state index contributed by atoms with van der Waals surface area (Å²) in [6, 6.07) is 4.72. The molecule has 2 rings (SSSR count). The maximum Gasteiger partial charge on any atom is 0.488 e. The van der Waals surface area contributed by atoms with E-state index in [0.717, 1.165) is 0 Å². The Morgan fingerprint density at radius 3 is 2.70 bits per heavy atom. The Hall–Kier alpha value is -2.31. The topological polar surface area (TPSA) is 84.9 Å². The first-order valence-electron chi connectivity index (χ1n) is 6.72. The van der Waals surface area contributed by atoms with Crippen molar-refractivity contribution in [3.63, 3.8) is 0 Å². The summed E-state index contributed by atoms with van der Waals surface area (Å²) < 4.78 is 42.5. The lowest BCUT2D eigenvalue weighted by Gasteiger charge is -2.26. The Kier molecular flexibility index (Phi) is 5.41. The lowest BCUT2D eigenvalue weighted by molar-refractivity contribution is 0.159. The van der Waals surface area contributed by atoms with Crippen LogP contribution in [-0.2, 0) is 15.2 Å². The van der Waals surface area contributed by atoms with E-state index >= 15 is 0 Å². The molecular weight excluding hydrogens is 327 g/mol. The quantitative estimate of drug-likeness (QED) is 0.648. The average Bonchev–Trinajstić information content (AvgIpc) is 2.99. The molecule has 0 radical (unpaired) electrons. The molecule has 0 spiro atoms. The van der Waals surface area contributed by atoms with Crippen LogP contribution < -0.4 is 9.50 Å². The molecule has 1 fully saturated rings. The maximum atomic E-state index is 12.4. The molecule has 1 aromatic carbocycles. The highest BCUT2D eigenvalue weighted by Gasteiger charge is 2.26. The molecule has 0 saturated carbocycles. The number of terminal acetylenes is 1. The van der Waals surface area contributed by atoms with Crippen LogP contribution in [0.5, 0.6) is 5.75 Å². The second-order valence-corrected chi connectivity index (χ2v) is 5.73. The van der Waals surface area contributed by atoms with Crippen LogP contribution >= 0.6 is 0 Å². The minimum Gasteiger partial charge on any atom is -0.379 e. The summed E-state index contributed by atoms with van der Waals surface area (Å²) in [6.07, 6.45) is 5.99. The molecule has 0 aliphatic carbocycles. The number of nitrogens with one attached hydrogen (secondary N) is 1. The highest BCUT2D eigenvalue weighted by molar-refractivity contribution is 7.81. The zero-order valence-electron chi connectivity index (χ0n) is 12.1. The molecule has 23 heavy (non-hydrogen) atoms. The summed E-state index contributed by atoms with van der Waals surface area (Å²) in [5.41, 5.74) is 0.388. The van der Waals surface area contributed by atoms with Gasteiger partial charge >= 0.3 is 16.5 Å². The van der Waals surface area contributed by atoms with Crippen LogP contribution in [-0.4, -0.2) is 45.1 Å². The van der Waals surface area contributed by atoms with Gasteiger partial charge in [0.2, 0.25) is 0 Å². The third-order valence-corrected chi connectivity index (χ3v) is 3.56. The second-order valence-electron chi connectivity index (χ2n) is 4.78. The molecule has 1 saturated heterocycles. The van der Waals surface area contributed by atoms with Crippen molar-refractivity contribution < 1.29 is 26.0 Å². The van der Waals surface area contributed by atoms with Gasteiger partial charge in [-0.05, 0) is 30.7 Å². The average molecular weight is 342 g/mol. The predicted octanol–water partition coefficient (Wildman–Crippen LogP) is 1.54. The molecular formula is C14H15FN2O5S. The monoisotopic (exact) mass is 342 g/mol. The van der Waals surface area contributed by atoms with Gasteiger partial charge in [0.1, 0.15) is 5.75 Å². The number of nitrogens with zero attached hydrogens (tertiary/aromatic N) is 1. The maximum absolute atomic E-state index is 12.4. The number of carbonyl (C=O) groups excluding carboxylic acids is 1. The SMILES string of the molecule is C#CCN(C(=O)Nc1ccc(OS(=O)(=O)F)cc1)C1CCOC1. The van der Waals surface area contributed by atoms with Crippen LogP contribution in [0.4, 0.5) is 14.4 Å². The van der Waals surface area contributed by atoms with E-state index < -0.39 is 16.5 Å². The molecule has 9 heteroatoms. The van der Waals surface area contributed by atoms with E-state index in [-0.39, 0.29) is 18.3 Å². The summed E-state index contributed by atoms with van der Waals surface area (Å²) in [4.78, 5) is 13.8. The third kappa shape index (κ3) is 5.12. The fourth-order valence-electron chi connectivity index (χ4n) is 2.14. The van der Waals surface area contributed by atoms with E-state index in [4.69, 9.17) is 11.2 Å². The number of rotatable bonds is 5. The molecule has 1 unspecified atom stereocenters. The molecule has 1 atom stereocenters. The first-order valence-corrected chi connectivity index (χ1v) is 8.03. The number of amides is 2. The number of halogens is 1. The second kappa shape index (κ2) is 7.30. The van der Waals surface area contributed by atoms with Crippen LogP contribution in [0, 0.1) is 12.3 Å². The largest absolute Gasteiger partial charge is 0.488 e. The lowest BCUT2D eigenvalue weighted by Crippen LogP contribution is -2.43. The molecule has 7 nitrogen and oxygen atoms in total. The number of ether oxygens (including phenoxy) is 1. The van der Waals surface area contributed by atoms with E-state index in [1.165, 1.54) is 29.2 Å². The lowest BCUT2D eigenvalue weighted by atomic mass is 10.2. The van der Waals surface area contributed by atoms with Crippen LogP contribution in [0.3, 0.4) is 0 Å². The van der Waals surface area contributed by atoms with E-state index in [0.29, 0.717) is 25.3 Å². The van der Waals surface area contributed by atoms with Gasteiger partial charge in [-0.25, -0.2) is 4.79 Å². The van der Waals surface area contributed by atoms with Crippen molar-refractivity contribution in [1.29, 1.82) is 0 Å². The van der Waals surface area contributed by atoms with Crippen molar-refractivity contribution in [3.05, 3.63) is 24.3 Å². The molecule has 1 heterocycles. The number of benzene rings is 1. The number of hydrogen-bond acceptors (Lipinski definition) is 5. The fourth-order valence-corrected chi connectivity index (χ4v) is 2.48. The Morgan fingerprint density at radius 2 is 2.17 bits per heavy atom. The third-order valence-electron chi connectivity index (χ3n) is 3.17. The van der Waals surface area contributed by atoms with Gasteiger partial charge in [-0.2, -0.15) is 8.42 Å². The van der Waals surface area contributed by atoms with Crippen molar-refractivity contribution in [2.75, 3.05) is 25.1 Å². The van der Waals surface area contributed by atoms with E-state index in [1.807, 2.05) is 0 Å². The smallest absolute Gasteiger partial charge is 0.379 e. The number of carbonyl (C=O) groups is 1. The Bertz CT molecular complexity index is 693. The number of hydrogen-bond donors (Lipinski definition) is 1. The van der Waals surface area contributed by atoms with Crippen LogP contribution in [0.2, 0.25) is 0 Å². The van der Waals surface area contributed by atoms with E-state index in [1.54, 1.807) is 0 Å². The summed E-state index contributed by atoms with van der Waals surface area (Å²) in [7, 11) is -5.08. The van der Waals surface area contributed by atoms with Crippen LogP contribution in [0.1, 0.15) is 6.42 Å². The van der Waals surface area contributed by atoms with E-state index in [2.05, 4.69) is 15.4 Å². The van der Waals surface area contributed by atoms with Gasteiger partial charge in [-0.1, -0.05) is 9.81 Å². The van der Waals surface area contributed by atoms with Gasteiger partial charge in [0.25, 0.3) is 0 Å². The van der Waals surface area contributed by atoms with E-state index in [9.17, 15) is 17.1 Å². The first kappa shape index (κ1) is 17.1. The zero-order chi connectivity index (χ0) is 16.9. The Balaban J connectivity index is 2.02. The molecule has 124 valence electrons. The molecule has 1 aromatic rings. The minimum absolute atomic E-state index is 0.0923. The molecule has 1 aliphatic heterocycles. The van der Waals surface area contributed by atoms with Gasteiger partial charge in [-0.15, -0.1) is 6.42 Å². The van der Waals surface area contributed by atoms with Gasteiger partial charge in [-0.3, -0.25) is 0 Å². The van der Waals surface area contributed by atoms with Crippen molar-refractivity contribution in [2.24, 2.45) is 0 Å². The molecule has 0 bridgehead atoms. The highest BCUT2D eigenvalue weighted by Crippen LogP contribution is 2.19. The van der Waals surface area contributed by atoms with Crippen molar-refractivity contribution in [1.82, 2.24) is 4.90 Å². The van der Waals surface area contributed by atoms with Crippen LogP contribution in [0.25, 0.3) is 0 Å². The van der Waals surface area contributed by atoms with Crippen molar-refractivity contribution in [3.8, 4) is 18.1 Å². The standard InChI is InChI=1S/C14H15FN2O5S/c1-2-8-17(12-7-9-21-10-12)14(18)16-11-3-5-13(6-4-11)22-23(15,19)20/h1,3-6,12H,7-10H2,(H,16,18). The predicted molar refractivity (Wildman–Crippen MR) is 80.9 cm³/mol. The fraction of sp³-hybridized carbons (Fsp3) is 0.357.